The largest absolute Gasteiger partial charge is 0.390 e. The summed E-state index contributed by atoms with van der Waals surface area (Å²) in [6.45, 7) is 7.89. The Labute approximate surface area is 74.6 Å². The fraction of sp³-hybridized carbons (Fsp3) is 1.00. The number of aliphatic hydroxyl groups is 1. The third-order valence-corrected chi connectivity index (χ3v) is 3.17. The monoisotopic (exact) mass is 169 g/mol. The van der Waals surface area contributed by atoms with Gasteiger partial charge >= 0.3 is 0 Å². The molecule has 70 valence electrons. The van der Waals surface area contributed by atoms with Crippen molar-refractivity contribution in [2.24, 2.45) is 5.41 Å². The molecule has 2 rings (SSSR count). The molecule has 0 atom stereocenters. The maximum Gasteiger partial charge on any atom is 0.0632 e. The van der Waals surface area contributed by atoms with Crippen LogP contribution in [-0.4, -0.2) is 35.2 Å². The minimum Gasteiger partial charge on any atom is -0.390 e. The molecule has 0 amide bonds. The van der Waals surface area contributed by atoms with Gasteiger partial charge in [0.05, 0.1) is 5.60 Å². The van der Waals surface area contributed by atoms with Gasteiger partial charge in [-0.15, -0.1) is 0 Å². The molecule has 2 fully saturated rings. The van der Waals surface area contributed by atoms with E-state index in [1.54, 1.807) is 0 Å². The summed E-state index contributed by atoms with van der Waals surface area (Å²) < 4.78 is 0. The molecule has 0 bridgehead atoms. The SMILES string of the molecule is CCCN1CC2(C1)CC(C)(O)C2. The van der Waals surface area contributed by atoms with Crippen LogP contribution in [0.15, 0.2) is 0 Å². The lowest BCUT2D eigenvalue weighted by Gasteiger charge is -2.61. The summed E-state index contributed by atoms with van der Waals surface area (Å²) in [6, 6.07) is 0. The third-order valence-electron chi connectivity index (χ3n) is 3.17. The molecule has 0 aromatic rings. The number of likely N-dealkylation sites (tertiary alicyclic amines) is 1. The Kier molecular flexibility index (Phi) is 1.74. The molecule has 1 spiro atoms. The summed E-state index contributed by atoms with van der Waals surface area (Å²) in [5.41, 5.74) is 0.191. The van der Waals surface area contributed by atoms with Gasteiger partial charge in [-0.05, 0) is 32.7 Å². The van der Waals surface area contributed by atoms with Crippen molar-refractivity contribution in [3.63, 3.8) is 0 Å². The summed E-state index contributed by atoms with van der Waals surface area (Å²) in [7, 11) is 0. The van der Waals surface area contributed by atoms with Gasteiger partial charge in [0.15, 0.2) is 0 Å². The minimum absolute atomic E-state index is 0.335. The predicted molar refractivity (Wildman–Crippen MR) is 49.0 cm³/mol. The first kappa shape index (κ1) is 8.52. The Bertz CT molecular complexity index is 172. The second-order valence-corrected chi connectivity index (χ2v) is 5.06. The van der Waals surface area contributed by atoms with Gasteiger partial charge in [-0.1, -0.05) is 6.92 Å². The normalized spacial score (nSPS) is 31.2. The Morgan fingerprint density at radius 1 is 1.33 bits per heavy atom. The van der Waals surface area contributed by atoms with Crippen molar-refractivity contribution in [2.45, 2.75) is 38.7 Å². The molecule has 0 radical (unpaired) electrons. The molecule has 2 nitrogen and oxygen atoms in total. The average molecular weight is 169 g/mol. The van der Waals surface area contributed by atoms with E-state index in [9.17, 15) is 5.11 Å². The molecule has 1 heterocycles. The topological polar surface area (TPSA) is 23.5 Å². The van der Waals surface area contributed by atoms with Crippen molar-refractivity contribution in [2.75, 3.05) is 19.6 Å². The molecule has 0 aromatic carbocycles. The van der Waals surface area contributed by atoms with E-state index in [1.807, 2.05) is 6.92 Å². The predicted octanol–water partition coefficient (Wildman–Crippen LogP) is 1.24. The van der Waals surface area contributed by atoms with Gasteiger partial charge < -0.3 is 10.0 Å². The molecule has 0 aromatic heterocycles. The average Bonchev–Trinajstić information content (AvgIpc) is 1.80. The number of hydrogen-bond acceptors (Lipinski definition) is 2. The van der Waals surface area contributed by atoms with Gasteiger partial charge in [-0.2, -0.15) is 0 Å². The Hall–Kier alpha value is -0.0800. The Morgan fingerprint density at radius 3 is 2.33 bits per heavy atom. The van der Waals surface area contributed by atoms with E-state index in [4.69, 9.17) is 0 Å². The van der Waals surface area contributed by atoms with Gasteiger partial charge in [0.2, 0.25) is 0 Å². The first-order chi connectivity index (χ1) is 5.55. The highest BCUT2D eigenvalue weighted by Gasteiger charge is 2.56. The van der Waals surface area contributed by atoms with Crippen LogP contribution in [0.1, 0.15) is 33.1 Å². The van der Waals surface area contributed by atoms with Crippen LogP contribution in [0.2, 0.25) is 0 Å². The molecule has 2 heteroatoms. The third kappa shape index (κ3) is 1.27. The Morgan fingerprint density at radius 2 is 1.92 bits per heavy atom. The first-order valence-corrected chi connectivity index (χ1v) is 5.00. The quantitative estimate of drug-likeness (QED) is 0.672. The highest BCUT2D eigenvalue weighted by Crippen LogP contribution is 2.53. The molecule has 12 heavy (non-hydrogen) atoms. The maximum atomic E-state index is 9.61. The minimum atomic E-state index is -0.335. The zero-order valence-corrected chi connectivity index (χ0v) is 8.14. The zero-order chi connectivity index (χ0) is 8.82. The maximum absolute atomic E-state index is 9.61. The molecule has 1 N–H and O–H groups in total. The first-order valence-electron chi connectivity index (χ1n) is 5.00. The summed E-state index contributed by atoms with van der Waals surface area (Å²) in [5.74, 6) is 0. The zero-order valence-electron chi connectivity index (χ0n) is 8.14. The van der Waals surface area contributed by atoms with Gasteiger partial charge in [0.1, 0.15) is 0 Å². The van der Waals surface area contributed by atoms with Crippen LogP contribution in [0.25, 0.3) is 0 Å². The van der Waals surface area contributed by atoms with E-state index in [1.165, 1.54) is 26.1 Å². The smallest absolute Gasteiger partial charge is 0.0632 e. The van der Waals surface area contributed by atoms with Crippen molar-refractivity contribution < 1.29 is 5.11 Å². The molecule has 1 saturated carbocycles. The highest BCUT2D eigenvalue weighted by atomic mass is 16.3. The van der Waals surface area contributed by atoms with E-state index in [2.05, 4.69) is 11.8 Å². The molecule has 1 saturated heterocycles. The van der Waals surface area contributed by atoms with Gasteiger partial charge in [-0.3, -0.25) is 0 Å². The van der Waals surface area contributed by atoms with E-state index >= 15 is 0 Å². The highest BCUT2D eigenvalue weighted by molar-refractivity contribution is 5.09. The van der Waals surface area contributed by atoms with Crippen LogP contribution in [0.4, 0.5) is 0 Å². The van der Waals surface area contributed by atoms with Crippen molar-refractivity contribution in [1.29, 1.82) is 0 Å². The van der Waals surface area contributed by atoms with Crippen LogP contribution >= 0.6 is 0 Å². The molecule has 1 aliphatic heterocycles. The molecule has 2 aliphatic rings. The lowest BCUT2D eigenvalue weighted by atomic mass is 9.56. The Balaban J connectivity index is 1.76. The van der Waals surface area contributed by atoms with Gasteiger partial charge in [0.25, 0.3) is 0 Å². The summed E-state index contributed by atoms with van der Waals surface area (Å²) in [5, 5.41) is 9.61. The number of hydrogen-bond donors (Lipinski definition) is 1. The molecular formula is C10H19NO. The lowest BCUT2D eigenvalue weighted by molar-refractivity contribution is -0.180. The summed E-state index contributed by atoms with van der Waals surface area (Å²) >= 11 is 0. The standard InChI is InChI=1S/C10H19NO/c1-3-4-11-7-10(8-11)5-9(2,12)6-10/h12H,3-8H2,1-2H3. The van der Waals surface area contributed by atoms with E-state index in [0.717, 1.165) is 12.8 Å². The van der Waals surface area contributed by atoms with E-state index < -0.39 is 0 Å². The summed E-state index contributed by atoms with van der Waals surface area (Å²) in [4.78, 5) is 2.50. The molecular weight excluding hydrogens is 150 g/mol. The van der Waals surface area contributed by atoms with Crippen molar-refractivity contribution in [3.8, 4) is 0 Å². The second-order valence-electron chi connectivity index (χ2n) is 5.06. The van der Waals surface area contributed by atoms with Gasteiger partial charge in [0, 0.05) is 18.5 Å². The van der Waals surface area contributed by atoms with Crippen molar-refractivity contribution >= 4 is 0 Å². The van der Waals surface area contributed by atoms with Crippen LogP contribution in [0.3, 0.4) is 0 Å². The van der Waals surface area contributed by atoms with Crippen LogP contribution in [0.5, 0.6) is 0 Å². The van der Waals surface area contributed by atoms with E-state index in [0.29, 0.717) is 5.41 Å². The van der Waals surface area contributed by atoms with Gasteiger partial charge in [-0.25, -0.2) is 0 Å². The fourth-order valence-corrected chi connectivity index (χ4v) is 3.16. The van der Waals surface area contributed by atoms with Crippen LogP contribution in [-0.2, 0) is 0 Å². The van der Waals surface area contributed by atoms with E-state index in [-0.39, 0.29) is 5.60 Å². The number of nitrogens with zero attached hydrogens (tertiary/aromatic N) is 1. The summed E-state index contributed by atoms with van der Waals surface area (Å²) in [6.07, 6.45) is 3.31. The number of rotatable bonds is 2. The van der Waals surface area contributed by atoms with Crippen molar-refractivity contribution in [3.05, 3.63) is 0 Å². The fourth-order valence-electron chi connectivity index (χ4n) is 3.16. The van der Waals surface area contributed by atoms with Crippen molar-refractivity contribution in [1.82, 2.24) is 4.90 Å². The second kappa shape index (κ2) is 2.46. The lowest BCUT2D eigenvalue weighted by Crippen LogP contribution is -2.67. The van der Waals surface area contributed by atoms with Crippen LogP contribution in [0, 0.1) is 5.41 Å². The molecule has 0 unspecified atom stereocenters. The molecule has 1 aliphatic carbocycles. The van der Waals surface area contributed by atoms with Crippen LogP contribution < -0.4 is 0 Å².